The molecule has 1 heterocycles. The Hall–Kier alpha value is -1.66. The molecular formula is C23H36FN3O2. The molecule has 0 spiro atoms. The number of halogens is 1. The molecule has 2 fully saturated rings. The Bertz CT molecular complexity index is 670. The van der Waals surface area contributed by atoms with Gasteiger partial charge in [0.2, 0.25) is 0 Å². The number of ether oxygens (including phenoxy) is 2. The molecule has 1 saturated heterocycles. The van der Waals surface area contributed by atoms with Crippen LogP contribution in [0.5, 0.6) is 0 Å². The molecule has 1 aromatic rings. The highest BCUT2D eigenvalue weighted by atomic mass is 19.1. The molecule has 0 unspecified atom stereocenters. The van der Waals surface area contributed by atoms with Gasteiger partial charge in [0.1, 0.15) is 5.82 Å². The maximum absolute atomic E-state index is 13.9. The van der Waals surface area contributed by atoms with E-state index in [0.717, 1.165) is 57.0 Å². The van der Waals surface area contributed by atoms with Gasteiger partial charge in [-0.1, -0.05) is 18.6 Å². The second-order valence-electron chi connectivity index (χ2n) is 8.55. The van der Waals surface area contributed by atoms with Crippen LogP contribution in [0, 0.1) is 11.2 Å². The fourth-order valence-electron chi connectivity index (χ4n) is 4.47. The highest BCUT2D eigenvalue weighted by Crippen LogP contribution is 2.44. The van der Waals surface area contributed by atoms with E-state index >= 15 is 0 Å². The molecule has 2 N–H and O–H groups in total. The molecule has 5 nitrogen and oxygen atoms in total. The first-order valence-corrected chi connectivity index (χ1v) is 11.0. The van der Waals surface area contributed by atoms with Crippen LogP contribution in [0.1, 0.15) is 51.0 Å². The predicted octanol–water partition coefficient (Wildman–Crippen LogP) is 3.64. The lowest BCUT2D eigenvalue weighted by atomic mass is 9.67. The van der Waals surface area contributed by atoms with Gasteiger partial charge in [-0.2, -0.15) is 0 Å². The first kappa shape index (κ1) is 22.0. The van der Waals surface area contributed by atoms with E-state index in [0.29, 0.717) is 13.2 Å². The molecule has 2 aliphatic rings. The molecular weight excluding hydrogens is 369 g/mol. The molecule has 1 aliphatic carbocycles. The van der Waals surface area contributed by atoms with Crippen molar-refractivity contribution in [1.82, 2.24) is 10.6 Å². The molecule has 0 amide bonds. The quantitative estimate of drug-likeness (QED) is 0.487. The molecule has 29 heavy (non-hydrogen) atoms. The lowest BCUT2D eigenvalue weighted by molar-refractivity contribution is 0.0512. The highest BCUT2D eigenvalue weighted by molar-refractivity contribution is 5.80. The van der Waals surface area contributed by atoms with Crippen molar-refractivity contribution in [3.63, 3.8) is 0 Å². The van der Waals surface area contributed by atoms with Crippen molar-refractivity contribution in [3.8, 4) is 0 Å². The van der Waals surface area contributed by atoms with E-state index in [2.05, 4.69) is 17.6 Å². The molecule has 1 aromatic carbocycles. The average molecular weight is 406 g/mol. The smallest absolute Gasteiger partial charge is 0.191 e. The van der Waals surface area contributed by atoms with Gasteiger partial charge in [-0.3, -0.25) is 4.99 Å². The van der Waals surface area contributed by atoms with Crippen molar-refractivity contribution in [3.05, 3.63) is 35.6 Å². The normalized spacial score (nSPS) is 20.7. The van der Waals surface area contributed by atoms with Gasteiger partial charge in [-0.25, -0.2) is 4.39 Å². The van der Waals surface area contributed by atoms with Crippen LogP contribution >= 0.6 is 0 Å². The van der Waals surface area contributed by atoms with Gasteiger partial charge < -0.3 is 20.1 Å². The fraction of sp³-hybridized carbons (Fsp3) is 0.696. The Labute approximate surface area is 174 Å². The van der Waals surface area contributed by atoms with Crippen LogP contribution in [0.2, 0.25) is 0 Å². The molecule has 0 atom stereocenters. The molecule has 1 aliphatic heterocycles. The minimum Gasteiger partial charge on any atom is -0.385 e. The molecule has 6 heteroatoms. The molecule has 162 valence electrons. The van der Waals surface area contributed by atoms with Crippen molar-refractivity contribution < 1.29 is 13.9 Å². The summed E-state index contributed by atoms with van der Waals surface area (Å²) in [5.74, 6) is 0.664. The van der Waals surface area contributed by atoms with Gasteiger partial charge in [0.25, 0.3) is 0 Å². The molecule has 3 rings (SSSR count). The van der Waals surface area contributed by atoms with Crippen LogP contribution in [0.15, 0.2) is 29.3 Å². The summed E-state index contributed by atoms with van der Waals surface area (Å²) < 4.78 is 24.8. The Morgan fingerprint density at radius 3 is 2.62 bits per heavy atom. The van der Waals surface area contributed by atoms with E-state index in [1.165, 1.54) is 25.3 Å². The highest BCUT2D eigenvalue weighted by Gasteiger charge is 2.37. The summed E-state index contributed by atoms with van der Waals surface area (Å²) in [5, 5.41) is 6.94. The number of aliphatic imine (C=N–C) groups is 1. The van der Waals surface area contributed by atoms with E-state index in [1.807, 2.05) is 6.07 Å². The first-order chi connectivity index (χ1) is 14.1. The van der Waals surface area contributed by atoms with E-state index in [-0.39, 0.29) is 16.6 Å². The van der Waals surface area contributed by atoms with Crippen LogP contribution in [-0.2, 0) is 14.9 Å². The number of rotatable bonds is 9. The largest absolute Gasteiger partial charge is 0.385 e. The van der Waals surface area contributed by atoms with Crippen LogP contribution in [0.4, 0.5) is 4.39 Å². The number of nitrogens with one attached hydrogen (secondary N) is 2. The number of benzene rings is 1. The van der Waals surface area contributed by atoms with Crippen LogP contribution in [-0.4, -0.2) is 52.5 Å². The summed E-state index contributed by atoms with van der Waals surface area (Å²) in [6.45, 7) is 6.63. The zero-order valence-corrected chi connectivity index (χ0v) is 17.9. The molecule has 1 saturated carbocycles. The third kappa shape index (κ3) is 5.70. The standard InChI is InChI=1S/C23H36FN3O2/c1-3-25-21(26-17-22(8-5-9-22)10-13-28-2)27-18-23(11-14-29-15-12-23)19-6-4-7-20(24)16-19/h4,6-7,16H,3,5,8-15,17-18H2,1-2H3,(H2,25,26,27). The summed E-state index contributed by atoms with van der Waals surface area (Å²) >= 11 is 0. The zero-order valence-electron chi connectivity index (χ0n) is 17.9. The number of hydrogen-bond acceptors (Lipinski definition) is 3. The minimum atomic E-state index is -0.181. The monoisotopic (exact) mass is 405 g/mol. The average Bonchev–Trinajstić information content (AvgIpc) is 2.71. The third-order valence-corrected chi connectivity index (χ3v) is 6.65. The number of methoxy groups -OCH3 is 1. The zero-order chi connectivity index (χ0) is 20.6. The van der Waals surface area contributed by atoms with Gasteiger partial charge in [0, 0.05) is 52.0 Å². The molecule has 0 aromatic heterocycles. The van der Waals surface area contributed by atoms with Gasteiger partial charge in [0.05, 0.1) is 0 Å². The summed E-state index contributed by atoms with van der Waals surface area (Å²) in [4.78, 5) is 4.92. The van der Waals surface area contributed by atoms with Gasteiger partial charge >= 0.3 is 0 Å². The van der Waals surface area contributed by atoms with Crippen molar-refractivity contribution in [2.24, 2.45) is 10.4 Å². The second-order valence-corrected chi connectivity index (χ2v) is 8.55. The Morgan fingerprint density at radius 1 is 1.21 bits per heavy atom. The van der Waals surface area contributed by atoms with Gasteiger partial charge in [-0.05, 0) is 62.1 Å². The van der Waals surface area contributed by atoms with Crippen molar-refractivity contribution in [2.75, 3.05) is 46.6 Å². The summed E-state index contributed by atoms with van der Waals surface area (Å²) in [5.41, 5.74) is 1.19. The summed E-state index contributed by atoms with van der Waals surface area (Å²) in [7, 11) is 1.76. The molecule has 0 bridgehead atoms. The number of nitrogens with zero attached hydrogens (tertiary/aromatic N) is 1. The van der Waals surface area contributed by atoms with Crippen molar-refractivity contribution >= 4 is 5.96 Å². The maximum atomic E-state index is 13.9. The molecule has 0 radical (unpaired) electrons. The van der Waals surface area contributed by atoms with Gasteiger partial charge in [0.15, 0.2) is 5.96 Å². The Kier molecular flexibility index (Phi) is 7.90. The van der Waals surface area contributed by atoms with Crippen LogP contribution in [0.3, 0.4) is 0 Å². The first-order valence-electron chi connectivity index (χ1n) is 11.0. The lowest BCUT2D eigenvalue weighted by Gasteiger charge is -2.41. The van der Waals surface area contributed by atoms with E-state index in [1.54, 1.807) is 19.2 Å². The Morgan fingerprint density at radius 2 is 2.00 bits per heavy atom. The van der Waals surface area contributed by atoms with Crippen LogP contribution in [0.25, 0.3) is 0 Å². The topological polar surface area (TPSA) is 54.9 Å². The summed E-state index contributed by atoms with van der Waals surface area (Å²) in [6.07, 6.45) is 6.55. The fourth-order valence-corrected chi connectivity index (χ4v) is 4.47. The van der Waals surface area contributed by atoms with E-state index in [9.17, 15) is 4.39 Å². The van der Waals surface area contributed by atoms with E-state index < -0.39 is 0 Å². The maximum Gasteiger partial charge on any atom is 0.191 e. The SMILES string of the molecule is CCNC(=NCC1(CCOC)CCC1)NCC1(c2cccc(F)c2)CCOCC1. The predicted molar refractivity (Wildman–Crippen MR) is 115 cm³/mol. The number of hydrogen-bond donors (Lipinski definition) is 2. The number of guanidine groups is 1. The van der Waals surface area contributed by atoms with Gasteiger partial charge in [-0.15, -0.1) is 0 Å². The third-order valence-electron chi connectivity index (χ3n) is 6.65. The van der Waals surface area contributed by atoms with E-state index in [4.69, 9.17) is 14.5 Å². The summed E-state index contributed by atoms with van der Waals surface area (Å²) in [6, 6.07) is 7.02. The van der Waals surface area contributed by atoms with Crippen molar-refractivity contribution in [1.29, 1.82) is 0 Å². The lowest BCUT2D eigenvalue weighted by Crippen LogP contribution is -2.48. The Balaban J connectivity index is 1.70. The van der Waals surface area contributed by atoms with Crippen molar-refractivity contribution in [2.45, 2.75) is 50.9 Å². The second kappa shape index (κ2) is 10.4. The minimum absolute atomic E-state index is 0.138. The van der Waals surface area contributed by atoms with Crippen LogP contribution < -0.4 is 10.6 Å².